The first kappa shape index (κ1) is 31.2. The van der Waals surface area contributed by atoms with E-state index in [4.69, 9.17) is 0 Å². The number of unbranched alkanes of at least 4 members (excludes halogenated alkanes) is 1. The second-order valence-corrected chi connectivity index (χ2v) is 12.8. The minimum Gasteiger partial charge on any atom is -0.508 e. The molecule has 226 valence electrons. The summed E-state index contributed by atoms with van der Waals surface area (Å²) in [6, 6.07) is 27.6. The molecule has 5 aromatic rings. The first-order valence-corrected chi connectivity index (χ1v) is 16.7. The van der Waals surface area contributed by atoms with E-state index in [-0.39, 0.29) is 23.0 Å². The van der Waals surface area contributed by atoms with Crippen molar-refractivity contribution >= 4 is 13.9 Å². The lowest BCUT2D eigenvalue weighted by Gasteiger charge is -2.25. The topological polar surface area (TPSA) is 80.9 Å². The average molecular weight is 605 g/mol. The minimum absolute atomic E-state index is 0.186. The van der Waals surface area contributed by atoms with Gasteiger partial charge in [0.05, 0.1) is 0 Å². The van der Waals surface area contributed by atoms with E-state index in [0.29, 0.717) is 19.7 Å². The van der Waals surface area contributed by atoms with Crippen LogP contribution < -0.4 is 5.30 Å². The summed E-state index contributed by atoms with van der Waals surface area (Å²) in [4.78, 5) is 0. The maximum Gasteiger partial charge on any atom is 0.122 e. The fraction of sp³-hybridized carbons (Fsp3) is 0.231. The smallest absolute Gasteiger partial charge is 0.122 e. The molecular formula is C39H41O4P. The van der Waals surface area contributed by atoms with Crippen molar-refractivity contribution in [3.05, 3.63) is 124 Å². The van der Waals surface area contributed by atoms with Crippen LogP contribution in [0.2, 0.25) is 0 Å². The van der Waals surface area contributed by atoms with Crippen LogP contribution in [-0.2, 0) is 6.42 Å². The van der Waals surface area contributed by atoms with Gasteiger partial charge < -0.3 is 20.4 Å². The molecule has 4 nitrogen and oxygen atoms in total. The van der Waals surface area contributed by atoms with Crippen molar-refractivity contribution < 1.29 is 20.4 Å². The standard InChI is InChI=1S/C39H41O4P/c1-6-7-8-26-9-11-27(12-10-26)37(32-20-30(18-24(3)38(32)42)28-13-15-34(40)23(2)17-28)33-21-31(19-25(4)39(33)43)29-14-16-35(41)36(22-29)44-5/h9-22,37,40-44H,6-8H2,1-5H3. The monoisotopic (exact) mass is 604 g/mol. The van der Waals surface area contributed by atoms with Gasteiger partial charge in [-0.3, -0.25) is 0 Å². The summed E-state index contributed by atoms with van der Waals surface area (Å²) in [6.45, 7) is 9.90. The van der Waals surface area contributed by atoms with E-state index in [1.54, 1.807) is 12.1 Å². The molecule has 5 rings (SSSR count). The normalized spacial score (nSPS) is 12.2. The lowest BCUT2D eigenvalue weighted by Crippen LogP contribution is -2.07. The number of phenols is 4. The maximum absolute atomic E-state index is 11.6. The van der Waals surface area contributed by atoms with Gasteiger partial charge in [-0.15, -0.1) is 0 Å². The molecule has 5 aromatic carbocycles. The van der Waals surface area contributed by atoms with Crippen LogP contribution >= 0.6 is 8.58 Å². The summed E-state index contributed by atoms with van der Waals surface area (Å²) in [5.74, 6) is 0.436. The van der Waals surface area contributed by atoms with Crippen LogP contribution in [0.15, 0.2) is 84.9 Å². The molecule has 2 atom stereocenters. The molecular weight excluding hydrogens is 563 g/mol. The molecule has 4 N–H and O–H groups in total. The van der Waals surface area contributed by atoms with Gasteiger partial charge in [0.2, 0.25) is 0 Å². The van der Waals surface area contributed by atoms with Crippen molar-refractivity contribution in [2.24, 2.45) is 0 Å². The minimum atomic E-state index is -0.463. The van der Waals surface area contributed by atoms with E-state index in [1.807, 2.05) is 76.0 Å². The van der Waals surface area contributed by atoms with Crippen LogP contribution in [0.5, 0.6) is 23.0 Å². The van der Waals surface area contributed by atoms with E-state index in [0.717, 1.165) is 69.1 Å². The summed E-state index contributed by atoms with van der Waals surface area (Å²) in [7, 11) is 0.442. The fourth-order valence-corrected chi connectivity index (χ4v) is 6.56. The van der Waals surface area contributed by atoms with E-state index in [9.17, 15) is 20.4 Å². The highest BCUT2D eigenvalue weighted by Crippen LogP contribution is 2.46. The van der Waals surface area contributed by atoms with Crippen LogP contribution in [0.4, 0.5) is 0 Å². The third kappa shape index (κ3) is 6.32. The first-order valence-electron chi connectivity index (χ1n) is 15.2. The molecule has 0 bridgehead atoms. The third-order valence-corrected chi connectivity index (χ3v) is 9.48. The van der Waals surface area contributed by atoms with Gasteiger partial charge in [-0.05, 0) is 139 Å². The van der Waals surface area contributed by atoms with E-state index >= 15 is 0 Å². The Morgan fingerprint density at radius 2 is 1.11 bits per heavy atom. The molecule has 5 heteroatoms. The lowest BCUT2D eigenvalue weighted by atomic mass is 9.80. The number of aromatic hydroxyl groups is 4. The predicted octanol–water partition coefficient (Wildman–Crippen LogP) is 9.22. The first-order chi connectivity index (χ1) is 21.1. The maximum atomic E-state index is 11.6. The lowest BCUT2D eigenvalue weighted by molar-refractivity contribution is 0.454. The Morgan fingerprint density at radius 1 is 0.591 bits per heavy atom. The van der Waals surface area contributed by atoms with Gasteiger partial charge in [0, 0.05) is 22.3 Å². The zero-order chi connectivity index (χ0) is 31.5. The summed E-state index contributed by atoms with van der Waals surface area (Å²) in [5.41, 5.74) is 9.59. The molecule has 44 heavy (non-hydrogen) atoms. The highest BCUT2D eigenvalue weighted by molar-refractivity contribution is 7.46. The van der Waals surface area contributed by atoms with Crippen LogP contribution in [-0.4, -0.2) is 27.1 Å². The van der Waals surface area contributed by atoms with Gasteiger partial charge in [-0.2, -0.15) is 0 Å². The molecule has 0 aromatic heterocycles. The molecule has 0 saturated heterocycles. The Balaban J connectivity index is 1.75. The summed E-state index contributed by atoms with van der Waals surface area (Å²) < 4.78 is 0. The Hall–Kier alpha value is -4.27. The van der Waals surface area contributed by atoms with Crippen LogP contribution in [0.1, 0.15) is 64.6 Å². The molecule has 0 aliphatic carbocycles. The molecule has 0 aliphatic rings. The third-order valence-electron chi connectivity index (χ3n) is 8.54. The van der Waals surface area contributed by atoms with E-state index in [1.165, 1.54) is 5.56 Å². The van der Waals surface area contributed by atoms with Crippen molar-refractivity contribution in [3.8, 4) is 45.3 Å². The number of benzene rings is 5. The van der Waals surface area contributed by atoms with Crippen LogP contribution in [0, 0.1) is 20.8 Å². The van der Waals surface area contributed by atoms with Gasteiger partial charge >= 0.3 is 0 Å². The Kier molecular flexibility index (Phi) is 9.32. The fourth-order valence-electron chi connectivity index (χ4n) is 5.92. The molecule has 2 unspecified atom stereocenters. The number of aryl methyl sites for hydroxylation is 4. The number of phenolic OH excluding ortho intramolecular Hbond substituents is 4. The molecule has 0 heterocycles. The Labute approximate surface area is 262 Å². The van der Waals surface area contributed by atoms with Gasteiger partial charge in [0.15, 0.2) is 0 Å². The molecule has 0 fully saturated rings. The van der Waals surface area contributed by atoms with E-state index in [2.05, 4.69) is 31.2 Å². The molecule has 0 saturated carbocycles. The average Bonchev–Trinajstić information content (AvgIpc) is 3.02. The zero-order valence-electron chi connectivity index (χ0n) is 26.1. The number of hydrogen-bond donors (Lipinski definition) is 4. The summed E-state index contributed by atoms with van der Waals surface area (Å²) >= 11 is 0. The van der Waals surface area contributed by atoms with Gasteiger partial charge in [-0.25, -0.2) is 0 Å². The van der Waals surface area contributed by atoms with Crippen molar-refractivity contribution in [2.75, 3.05) is 6.66 Å². The quantitative estimate of drug-likeness (QED) is 0.0999. The Bertz CT molecular complexity index is 1810. The molecule has 0 amide bonds. The van der Waals surface area contributed by atoms with Crippen molar-refractivity contribution in [1.82, 2.24) is 0 Å². The van der Waals surface area contributed by atoms with Gasteiger partial charge in [0.25, 0.3) is 0 Å². The Morgan fingerprint density at radius 3 is 1.64 bits per heavy atom. The second-order valence-electron chi connectivity index (χ2n) is 11.7. The SMILES string of the molecule is CCCCc1ccc(C(c2cc(-c3ccc(O)c(C)c3)cc(C)c2O)c2cc(-c3ccc(O)c(PC)c3)cc(C)c2O)cc1. The number of rotatable bonds is 9. The molecule has 0 spiro atoms. The molecule has 0 aliphatic heterocycles. The second kappa shape index (κ2) is 13.2. The predicted molar refractivity (Wildman–Crippen MR) is 184 cm³/mol. The largest absolute Gasteiger partial charge is 0.508 e. The highest BCUT2D eigenvalue weighted by atomic mass is 31.1. The summed E-state index contributed by atoms with van der Waals surface area (Å²) in [5, 5.41) is 44.6. The van der Waals surface area contributed by atoms with Crippen molar-refractivity contribution in [1.29, 1.82) is 0 Å². The van der Waals surface area contributed by atoms with Crippen LogP contribution in [0.3, 0.4) is 0 Å². The van der Waals surface area contributed by atoms with Gasteiger partial charge in [0.1, 0.15) is 23.0 Å². The van der Waals surface area contributed by atoms with Gasteiger partial charge in [-0.1, -0.05) is 58.3 Å². The number of hydrogen-bond acceptors (Lipinski definition) is 4. The molecule has 0 radical (unpaired) electrons. The van der Waals surface area contributed by atoms with Crippen molar-refractivity contribution in [3.63, 3.8) is 0 Å². The van der Waals surface area contributed by atoms with Crippen LogP contribution in [0.25, 0.3) is 22.3 Å². The van der Waals surface area contributed by atoms with E-state index < -0.39 is 5.92 Å². The van der Waals surface area contributed by atoms with Crippen molar-refractivity contribution in [2.45, 2.75) is 52.9 Å². The summed E-state index contributed by atoms with van der Waals surface area (Å²) in [6.07, 6.45) is 3.24. The highest BCUT2D eigenvalue weighted by Gasteiger charge is 2.26. The zero-order valence-corrected chi connectivity index (χ0v) is 27.1.